The van der Waals surface area contributed by atoms with Gasteiger partial charge in [-0.1, -0.05) is 0 Å². The molecule has 0 bridgehead atoms. The van der Waals surface area contributed by atoms with Crippen LogP contribution < -0.4 is 4.90 Å². The number of hydrogen-bond acceptors (Lipinski definition) is 4. The van der Waals surface area contributed by atoms with Crippen molar-refractivity contribution in [2.24, 2.45) is 0 Å². The van der Waals surface area contributed by atoms with Gasteiger partial charge < -0.3 is 4.90 Å². The second-order valence-electron chi connectivity index (χ2n) is 3.08. The molecule has 6 heteroatoms. The van der Waals surface area contributed by atoms with Gasteiger partial charge in [0.15, 0.2) is 5.82 Å². The molecule has 0 N–H and O–H groups in total. The average Bonchev–Trinajstić information content (AvgIpc) is 2.73. The highest BCUT2D eigenvalue weighted by molar-refractivity contribution is 6.18. The molecule has 0 atom stereocenters. The fourth-order valence-electron chi connectivity index (χ4n) is 1.48. The van der Waals surface area contributed by atoms with E-state index in [1.165, 1.54) is 0 Å². The smallest absolute Gasteiger partial charge is 0.203 e. The first-order valence-corrected chi connectivity index (χ1v) is 5.35. The molecule has 0 aliphatic heterocycles. The molecule has 0 saturated carbocycles. The summed E-state index contributed by atoms with van der Waals surface area (Å²) in [6.45, 7) is 3.68. The van der Waals surface area contributed by atoms with Crippen molar-refractivity contribution in [2.45, 2.75) is 6.92 Å². The van der Waals surface area contributed by atoms with E-state index in [0.717, 1.165) is 24.6 Å². The number of alkyl halides is 1. The Morgan fingerprint density at radius 2 is 2.40 bits per heavy atom. The molecule has 0 aromatic carbocycles. The third-order valence-electron chi connectivity index (χ3n) is 2.23. The van der Waals surface area contributed by atoms with Crippen molar-refractivity contribution >= 4 is 23.1 Å². The molecule has 0 fully saturated rings. The maximum Gasteiger partial charge on any atom is 0.203 e. The van der Waals surface area contributed by atoms with Crippen molar-refractivity contribution in [1.82, 2.24) is 19.6 Å². The fourth-order valence-corrected chi connectivity index (χ4v) is 1.69. The summed E-state index contributed by atoms with van der Waals surface area (Å²) < 4.78 is 1.85. The van der Waals surface area contributed by atoms with E-state index in [-0.39, 0.29) is 0 Å². The molecule has 2 aromatic heterocycles. The predicted octanol–water partition coefficient (Wildman–Crippen LogP) is 1.19. The van der Waals surface area contributed by atoms with Crippen molar-refractivity contribution in [3.8, 4) is 0 Å². The maximum absolute atomic E-state index is 5.74. The van der Waals surface area contributed by atoms with Crippen LogP contribution in [-0.4, -0.2) is 38.6 Å². The molecular weight excluding hydrogens is 214 g/mol. The molecule has 0 aliphatic rings. The summed E-state index contributed by atoms with van der Waals surface area (Å²) in [5.41, 5.74) is 0.768. The van der Waals surface area contributed by atoms with Crippen molar-refractivity contribution in [2.75, 3.05) is 23.9 Å². The van der Waals surface area contributed by atoms with Crippen LogP contribution in [0.1, 0.15) is 6.92 Å². The molecule has 5 nitrogen and oxygen atoms in total. The minimum Gasteiger partial charge on any atom is -0.353 e. The zero-order valence-electron chi connectivity index (χ0n) is 8.47. The summed E-state index contributed by atoms with van der Waals surface area (Å²) in [5.74, 6) is 1.41. The molecule has 0 radical (unpaired) electrons. The normalized spacial score (nSPS) is 10.8. The van der Waals surface area contributed by atoms with Crippen molar-refractivity contribution < 1.29 is 0 Å². The van der Waals surface area contributed by atoms with Crippen molar-refractivity contribution in [1.29, 1.82) is 0 Å². The molecule has 0 unspecified atom stereocenters. The van der Waals surface area contributed by atoms with Gasteiger partial charge in [0.25, 0.3) is 0 Å². The predicted molar refractivity (Wildman–Crippen MR) is 59.4 cm³/mol. The molecule has 2 aromatic rings. The lowest BCUT2D eigenvalue weighted by Crippen LogP contribution is -2.26. The highest BCUT2D eigenvalue weighted by Gasteiger charge is 2.10. The molecule has 0 aliphatic carbocycles. The highest BCUT2D eigenvalue weighted by Crippen LogP contribution is 2.15. The Labute approximate surface area is 92.7 Å². The Bertz CT molecular complexity index is 441. The van der Waals surface area contributed by atoms with Crippen LogP contribution in [-0.2, 0) is 0 Å². The molecule has 0 saturated heterocycles. The van der Waals surface area contributed by atoms with E-state index >= 15 is 0 Å². The molecule has 0 amide bonds. The molecular formula is C9H12ClN5. The standard InChI is InChI=1S/C9H12ClN5/c1-2-14(5-3-10)8-9-13-12-7-15(9)6-4-11-8/h4,6-7H,2-3,5H2,1H3. The first kappa shape index (κ1) is 10.2. The van der Waals surface area contributed by atoms with Gasteiger partial charge >= 0.3 is 0 Å². The number of anilines is 1. The SMILES string of the molecule is CCN(CCCl)c1nccn2cnnc12. The lowest BCUT2D eigenvalue weighted by Gasteiger charge is -2.20. The highest BCUT2D eigenvalue weighted by atomic mass is 35.5. The number of aromatic nitrogens is 4. The average molecular weight is 226 g/mol. The Morgan fingerprint density at radius 3 is 3.13 bits per heavy atom. The van der Waals surface area contributed by atoms with Crippen LogP contribution in [0.3, 0.4) is 0 Å². The third-order valence-corrected chi connectivity index (χ3v) is 2.40. The first-order valence-electron chi connectivity index (χ1n) is 4.82. The van der Waals surface area contributed by atoms with E-state index in [1.807, 2.05) is 10.6 Å². The second kappa shape index (κ2) is 4.44. The largest absolute Gasteiger partial charge is 0.353 e. The van der Waals surface area contributed by atoms with Gasteiger partial charge in [-0.05, 0) is 6.92 Å². The number of fused-ring (bicyclic) bond motifs is 1. The van der Waals surface area contributed by atoms with E-state index in [0.29, 0.717) is 5.88 Å². The number of rotatable bonds is 4. The Balaban J connectivity index is 2.44. The molecule has 0 spiro atoms. The van der Waals surface area contributed by atoms with Crippen LogP contribution in [0.25, 0.3) is 5.65 Å². The van der Waals surface area contributed by atoms with E-state index in [4.69, 9.17) is 11.6 Å². The van der Waals surface area contributed by atoms with Crippen LogP contribution in [0, 0.1) is 0 Å². The minimum atomic E-state index is 0.574. The lowest BCUT2D eigenvalue weighted by molar-refractivity contribution is 0.846. The van der Waals surface area contributed by atoms with Gasteiger partial charge in [0, 0.05) is 31.4 Å². The summed E-state index contributed by atoms with van der Waals surface area (Å²) >= 11 is 5.74. The number of halogens is 1. The first-order chi connectivity index (χ1) is 7.36. The molecule has 2 heterocycles. The fraction of sp³-hybridized carbons (Fsp3) is 0.444. The van der Waals surface area contributed by atoms with E-state index < -0.39 is 0 Å². The third kappa shape index (κ3) is 1.87. The Hall–Kier alpha value is -1.36. The summed E-state index contributed by atoms with van der Waals surface area (Å²) in [6.07, 6.45) is 5.23. The lowest BCUT2D eigenvalue weighted by atomic mass is 10.4. The topological polar surface area (TPSA) is 46.3 Å². The van der Waals surface area contributed by atoms with Gasteiger partial charge in [-0.3, -0.25) is 4.40 Å². The van der Waals surface area contributed by atoms with Crippen molar-refractivity contribution in [3.05, 3.63) is 18.7 Å². The summed E-state index contributed by atoms with van der Waals surface area (Å²) in [5, 5.41) is 7.89. The number of hydrogen-bond donors (Lipinski definition) is 0. The Morgan fingerprint density at radius 1 is 1.53 bits per heavy atom. The summed E-state index contributed by atoms with van der Waals surface area (Å²) in [4.78, 5) is 6.39. The maximum atomic E-state index is 5.74. The van der Waals surface area contributed by atoms with Gasteiger partial charge in [0.05, 0.1) is 0 Å². The van der Waals surface area contributed by atoms with Crippen LogP contribution >= 0.6 is 11.6 Å². The van der Waals surface area contributed by atoms with Gasteiger partial charge in [-0.15, -0.1) is 21.8 Å². The Kier molecular flexibility index (Phi) is 3.01. The van der Waals surface area contributed by atoms with Gasteiger partial charge in [-0.2, -0.15) is 0 Å². The zero-order chi connectivity index (χ0) is 10.7. The quantitative estimate of drug-likeness (QED) is 0.734. The number of nitrogens with zero attached hydrogens (tertiary/aromatic N) is 5. The van der Waals surface area contributed by atoms with Crippen LogP contribution in [0.2, 0.25) is 0 Å². The van der Waals surface area contributed by atoms with Crippen LogP contribution in [0.15, 0.2) is 18.7 Å². The van der Waals surface area contributed by atoms with Gasteiger partial charge in [0.2, 0.25) is 5.65 Å². The van der Waals surface area contributed by atoms with E-state index in [9.17, 15) is 0 Å². The minimum absolute atomic E-state index is 0.574. The van der Waals surface area contributed by atoms with E-state index in [1.54, 1.807) is 12.5 Å². The molecule has 2 rings (SSSR count). The summed E-state index contributed by atoms with van der Waals surface area (Å²) in [7, 11) is 0. The summed E-state index contributed by atoms with van der Waals surface area (Å²) in [6, 6.07) is 0. The van der Waals surface area contributed by atoms with Crippen LogP contribution in [0.5, 0.6) is 0 Å². The zero-order valence-corrected chi connectivity index (χ0v) is 9.22. The molecule has 15 heavy (non-hydrogen) atoms. The van der Waals surface area contributed by atoms with Gasteiger partial charge in [0.1, 0.15) is 6.33 Å². The van der Waals surface area contributed by atoms with E-state index in [2.05, 4.69) is 27.0 Å². The van der Waals surface area contributed by atoms with Crippen molar-refractivity contribution in [3.63, 3.8) is 0 Å². The monoisotopic (exact) mass is 225 g/mol. The molecule has 80 valence electrons. The van der Waals surface area contributed by atoms with Crippen LogP contribution in [0.4, 0.5) is 5.82 Å². The van der Waals surface area contributed by atoms with Gasteiger partial charge in [-0.25, -0.2) is 4.98 Å². The second-order valence-corrected chi connectivity index (χ2v) is 3.46.